The standard InChI is InChI=1S/C11H13F2NO/c1-7(4-5-14)11(15)8-2-3-9(12)10(13)6-8/h2-3,6-7H,4-5,14H2,1H3. The second kappa shape index (κ2) is 4.98. The van der Waals surface area contributed by atoms with Crippen LogP contribution in [0.1, 0.15) is 23.7 Å². The molecule has 0 bridgehead atoms. The zero-order valence-corrected chi connectivity index (χ0v) is 8.47. The van der Waals surface area contributed by atoms with Gasteiger partial charge in [-0.1, -0.05) is 6.92 Å². The van der Waals surface area contributed by atoms with Crippen LogP contribution in [0.3, 0.4) is 0 Å². The van der Waals surface area contributed by atoms with Crippen LogP contribution in [0.25, 0.3) is 0 Å². The fourth-order valence-electron chi connectivity index (χ4n) is 1.32. The van der Waals surface area contributed by atoms with Crippen LogP contribution in [0, 0.1) is 17.6 Å². The summed E-state index contributed by atoms with van der Waals surface area (Å²) in [6.07, 6.45) is 0.540. The minimum atomic E-state index is -0.999. The molecule has 0 heterocycles. The van der Waals surface area contributed by atoms with Gasteiger partial charge < -0.3 is 5.73 Å². The summed E-state index contributed by atoms with van der Waals surface area (Å²) < 4.78 is 25.4. The largest absolute Gasteiger partial charge is 0.330 e. The van der Waals surface area contributed by atoms with E-state index in [1.54, 1.807) is 6.92 Å². The fraction of sp³-hybridized carbons (Fsp3) is 0.364. The van der Waals surface area contributed by atoms with Crippen molar-refractivity contribution in [1.82, 2.24) is 0 Å². The van der Waals surface area contributed by atoms with Gasteiger partial charge in [-0.25, -0.2) is 8.78 Å². The third-order valence-corrected chi connectivity index (χ3v) is 2.25. The number of carbonyl (C=O) groups excluding carboxylic acids is 1. The van der Waals surface area contributed by atoms with Crippen LogP contribution in [0.2, 0.25) is 0 Å². The third-order valence-electron chi connectivity index (χ3n) is 2.25. The summed E-state index contributed by atoms with van der Waals surface area (Å²) in [6.45, 7) is 2.12. The topological polar surface area (TPSA) is 43.1 Å². The summed E-state index contributed by atoms with van der Waals surface area (Å²) in [4.78, 5) is 11.7. The molecule has 1 aromatic rings. The van der Waals surface area contributed by atoms with Crippen molar-refractivity contribution in [3.8, 4) is 0 Å². The molecule has 0 aromatic heterocycles. The maximum atomic E-state index is 12.8. The number of hydrogen-bond donors (Lipinski definition) is 1. The van der Waals surface area contributed by atoms with Crippen molar-refractivity contribution < 1.29 is 13.6 Å². The van der Waals surface area contributed by atoms with Gasteiger partial charge in [-0.05, 0) is 31.2 Å². The van der Waals surface area contributed by atoms with Crippen LogP contribution < -0.4 is 5.73 Å². The van der Waals surface area contributed by atoms with E-state index in [2.05, 4.69) is 0 Å². The molecule has 2 nitrogen and oxygen atoms in total. The molecule has 0 amide bonds. The highest BCUT2D eigenvalue weighted by Crippen LogP contribution is 2.14. The highest BCUT2D eigenvalue weighted by atomic mass is 19.2. The Balaban J connectivity index is 2.87. The van der Waals surface area contributed by atoms with E-state index in [-0.39, 0.29) is 17.3 Å². The van der Waals surface area contributed by atoms with Crippen molar-refractivity contribution in [2.45, 2.75) is 13.3 Å². The van der Waals surface area contributed by atoms with Crippen LogP contribution in [0.5, 0.6) is 0 Å². The summed E-state index contributed by atoms with van der Waals surface area (Å²) in [7, 11) is 0. The Bertz CT molecular complexity index is 366. The van der Waals surface area contributed by atoms with Gasteiger partial charge in [0.25, 0.3) is 0 Å². The van der Waals surface area contributed by atoms with Crippen LogP contribution in [-0.4, -0.2) is 12.3 Å². The van der Waals surface area contributed by atoms with E-state index in [1.807, 2.05) is 0 Å². The fourth-order valence-corrected chi connectivity index (χ4v) is 1.32. The van der Waals surface area contributed by atoms with E-state index in [0.29, 0.717) is 13.0 Å². The van der Waals surface area contributed by atoms with E-state index in [1.165, 1.54) is 6.07 Å². The van der Waals surface area contributed by atoms with Crippen LogP contribution in [0.4, 0.5) is 8.78 Å². The zero-order chi connectivity index (χ0) is 11.4. The van der Waals surface area contributed by atoms with E-state index in [4.69, 9.17) is 5.73 Å². The number of rotatable bonds is 4. The molecule has 1 rings (SSSR count). The lowest BCUT2D eigenvalue weighted by Gasteiger charge is -2.08. The van der Waals surface area contributed by atoms with Crippen molar-refractivity contribution in [3.05, 3.63) is 35.4 Å². The van der Waals surface area contributed by atoms with E-state index >= 15 is 0 Å². The quantitative estimate of drug-likeness (QED) is 0.778. The van der Waals surface area contributed by atoms with Crippen molar-refractivity contribution in [3.63, 3.8) is 0 Å². The molecule has 0 fully saturated rings. The predicted molar refractivity (Wildman–Crippen MR) is 53.5 cm³/mol. The smallest absolute Gasteiger partial charge is 0.165 e. The van der Waals surface area contributed by atoms with Crippen molar-refractivity contribution in [2.75, 3.05) is 6.54 Å². The van der Waals surface area contributed by atoms with Gasteiger partial charge in [-0.3, -0.25) is 4.79 Å². The van der Waals surface area contributed by atoms with Gasteiger partial charge in [0.15, 0.2) is 17.4 Å². The molecule has 0 saturated carbocycles. The molecular formula is C11H13F2NO. The highest BCUT2D eigenvalue weighted by Gasteiger charge is 2.15. The van der Waals surface area contributed by atoms with Gasteiger partial charge in [0.2, 0.25) is 0 Å². The van der Waals surface area contributed by atoms with Crippen LogP contribution in [-0.2, 0) is 0 Å². The molecular weight excluding hydrogens is 200 g/mol. The first kappa shape index (κ1) is 11.8. The lowest BCUT2D eigenvalue weighted by atomic mass is 9.96. The SMILES string of the molecule is CC(CCN)C(=O)c1ccc(F)c(F)c1. The summed E-state index contributed by atoms with van der Waals surface area (Å²) in [5, 5.41) is 0. The Hall–Kier alpha value is -1.29. The van der Waals surface area contributed by atoms with E-state index < -0.39 is 11.6 Å². The average Bonchev–Trinajstić information content (AvgIpc) is 2.21. The Kier molecular flexibility index (Phi) is 3.91. The number of hydrogen-bond acceptors (Lipinski definition) is 2. The third kappa shape index (κ3) is 2.83. The average molecular weight is 213 g/mol. The molecule has 0 radical (unpaired) electrons. The molecule has 0 aliphatic carbocycles. The molecule has 0 spiro atoms. The van der Waals surface area contributed by atoms with Crippen LogP contribution >= 0.6 is 0 Å². The molecule has 1 atom stereocenters. The molecule has 1 aromatic carbocycles. The second-order valence-electron chi connectivity index (χ2n) is 3.47. The number of carbonyl (C=O) groups is 1. The molecule has 0 saturated heterocycles. The van der Waals surface area contributed by atoms with Gasteiger partial charge in [-0.15, -0.1) is 0 Å². The molecule has 2 N–H and O–H groups in total. The number of benzene rings is 1. The zero-order valence-electron chi connectivity index (χ0n) is 8.47. The Labute approximate surface area is 87.1 Å². The van der Waals surface area contributed by atoms with Gasteiger partial charge in [0.1, 0.15) is 0 Å². The number of ketones is 1. The Morgan fingerprint density at radius 1 is 1.40 bits per heavy atom. The van der Waals surface area contributed by atoms with Crippen molar-refractivity contribution >= 4 is 5.78 Å². The normalized spacial score (nSPS) is 12.5. The number of halogens is 2. The monoisotopic (exact) mass is 213 g/mol. The summed E-state index contributed by atoms with van der Waals surface area (Å²) in [5.41, 5.74) is 5.50. The lowest BCUT2D eigenvalue weighted by molar-refractivity contribution is 0.0925. The lowest BCUT2D eigenvalue weighted by Crippen LogP contribution is -2.16. The summed E-state index contributed by atoms with van der Waals surface area (Å²) in [5.74, 6) is -2.42. The first-order valence-corrected chi connectivity index (χ1v) is 4.75. The van der Waals surface area contributed by atoms with E-state index in [0.717, 1.165) is 12.1 Å². The molecule has 15 heavy (non-hydrogen) atoms. The van der Waals surface area contributed by atoms with Gasteiger partial charge in [0.05, 0.1) is 0 Å². The van der Waals surface area contributed by atoms with Crippen molar-refractivity contribution in [2.24, 2.45) is 11.7 Å². The predicted octanol–water partition coefficient (Wildman–Crippen LogP) is 2.13. The van der Waals surface area contributed by atoms with Gasteiger partial charge in [-0.2, -0.15) is 0 Å². The summed E-state index contributed by atoms with van der Waals surface area (Å²) in [6, 6.07) is 3.16. The Morgan fingerprint density at radius 2 is 2.07 bits per heavy atom. The highest BCUT2D eigenvalue weighted by molar-refractivity contribution is 5.97. The molecule has 0 aliphatic heterocycles. The molecule has 82 valence electrons. The maximum Gasteiger partial charge on any atom is 0.165 e. The van der Waals surface area contributed by atoms with Gasteiger partial charge in [0, 0.05) is 11.5 Å². The molecule has 0 aliphatic rings. The number of nitrogens with two attached hydrogens (primary N) is 1. The maximum absolute atomic E-state index is 12.8. The van der Waals surface area contributed by atoms with Crippen molar-refractivity contribution in [1.29, 1.82) is 0 Å². The second-order valence-corrected chi connectivity index (χ2v) is 3.47. The summed E-state index contributed by atoms with van der Waals surface area (Å²) >= 11 is 0. The van der Waals surface area contributed by atoms with E-state index in [9.17, 15) is 13.6 Å². The minimum Gasteiger partial charge on any atom is -0.330 e. The first-order chi connectivity index (χ1) is 7.06. The molecule has 1 unspecified atom stereocenters. The first-order valence-electron chi connectivity index (χ1n) is 4.75. The Morgan fingerprint density at radius 3 is 2.60 bits per heavy atom. The van der Waals surface area contributed by atoms with Gasteiger partial charge >= 0.3 is 0 Å². The molecule has 4 heteroatoms. The van der Waals surface area contributed by atoms with Crippen LogP contribution in [0.15, 0.2) is 18.2 Å². The minimum absolute atomic E-state index is 0.190. The number of Topliss-reactive ketones (excluding diaryl/α,β-unsaturated/α-hetero) is 1.